The Hall–Kier alpha value is -2.08. The van der Waals surface area contributed by atoms with E-state index in [4.69, 9.17) is 4.74 Å². The van der Waals surface area contributed by atoms with Crippen molar-refractivity contribution in [3.05, 3.63) is 24.3 Å². The smallest absolute Gasteiger partial charge is 0.313 e. The van der Waals surface area contributed by atoms with Crippen molar-refractivity contribution in [1.29, 1.82) is 0 Å². The van der Waals surface area contributed by atoms with Crippen LogP contribution in [0.15, 0.2) is 24.3 Å². The van der Waals surface area contributed by atoms with E-state index < -0.39 is 11.8 Å². The first-order chi connectivity index (χ1) is 12.1. The Balaban J connectivity index is 1.73. The van der Waals surface area contributed by atoms with Gasteiger partial charge in [-0.1, -0.05) is 0 Å². The molecule has 1 saturated heterocycles. The Labute approximate surface area is 149 Å². The Morgan fingerprint density at radius 1 is 1.08 bits per heavy atom. The minimum atomic E-state index is -0.643. The van der Waals surface area contributed by atoms with Crippen molar-refractivity contribution in [3.8, 4) is 0 Å². The minimum Gasteiger partial charge on any atom is -0.379 e. The minimum absolute atomic E-state index is 0.173. The van der Waals surface area contributed by atoms with E-state index in [1.165, 1.54) is 19.3 Å². The predicted molar refractivity (Wildman–Crippen MR) is 99.9 cm³/mol. The standard InChI is InChI=1S/C19H29N3O3/c1-15(2)25-14-6-11-20-18(23)19(24)21-16-7-9-17(10-8-16)22-12-4-3-5-13-22/h7-10,15H,3-6,11-14H2,1-2H3,(H,20,23)(H,21,24). The first kappa shape index (κ1) is 19.2. The molecule has 25 heavy (non-hydrogen) atoms. The lowest BCUT2D eigenvalue weighted by atomic mass is 10.1. The van der Waals surface area contributed by atoms with Gasteiger partial charge in [0.15, 0.2) is 0 Å². The molecule has 1 aliphatic rings. The van der Waals surface area contributed by atoms with Crippen LogP contribution >= 0.6 is 0 Å². The van der Waals surface area contributed by atoms with Crippen LogP contribution in [0.2, 0.25) is 0 Å². The zero-order valence-electron chi connectivity index (χ0n) is 15.2. The molecule has 0 aliphatic carbocycles. The van der Waals surface area contributed by atoms with Crippen LogP contribution in [0, 0.1) is 0 Å². The van der Waals surface area contributed by atoms with Crippen LogP contribution in [-0.4, -0.2) is 44.2 Å². The average Bonchev–Trinajstić information content (AvgIpc) is 2.62. The number of carbonyl (C=O) groups is 2. The SMILES string of the molecule is CC(C)OCCCNC(=O)C(=O)Nc1ccc(N2CCCCC2)cc1. The third-order valence-electron chi connectivity index (χ3n) is 4.11. The summed E-state index contributed by atoms with van der Waals surface area (Å²) < 4.78 is 5.39. The van der Waals surface area contributed by atoms with Crippen LogP contribution in [-0.2, 0) is 14.3 Å². The summed E-state index contributed by atoms with van der Waals surface area (Å²) in [5.41, 5.74) is 1.79. The van der Waals surface area contributed by atoms with Gasteiger partial charge in [-0.05, 0) is 63.8 Å². The number of hydrogen-bond acceptors (Lipinski definition) is 4. The van der Waals surface area contributed by atoms with E-state index in [2.05, 4.69) is 15.5 Å². The molecule has 0 bridgehead atoms. The third kappa shape index (κ3) is 6.74. The molecule has 0 spiro atoms. The fourth-order valence-corrected chi connectivity index (χ4v) is 2.77. The summed E-state index contributed by atoms with van der Waals surface area (Å²) in [5.74, 6) is -1.26. The van der Waals surface area contributed by atoms with Crippen molar-refractivity contribution in [2.45, 2.75) is 45.6 Å². The largest absolute Gasteiger partial charge is 0.379 e. The first-order valence-electron chi connectivity index (χ1n) is 9.12. The summed E-state index contributed by atoms with van der Waals surface area (Å²) in [6.07, 6.45) is 4.60. The van der Waals surface area contributed by atoms with Gasteiger partial charge in [-0.15, -0.1) is 0 Å². The number of nitrogens with zero attached hydrogens (tertiary/aromatic N) is 1. The van der Waals surface area contributed by atoms with Gasteiger partial charge in [0.2, 0.25) is 0 Å². The molecule has 6 nitrogen and oxygen atoms in total. The Kier molecular flexibility index (Phi) is 7.73. The molecule has 138 valence electrons. The van der Waals surface area contributed by atoms with Crippen LogP contribution in [0.3, 0.4) is 0 Å². The molecule has 0 saturated carbocycles. The summed E-state index contributed by atoms with van der Waals surface area (Å²) in [6.45, 7) is 7.07. The molecule has 1 heterocycles. The number of nitrogens with one attached hydrogen (secondary N) is 2. The van der Waals surface area contributed by atoms with E-state index in [9.17, 15) is 9.59 Å². The van der Waals surface area contributed by atoms with Crippen molar-refractivity contribution in [1.82, 2.24) is 5.32 Å². The summed E-state index contributed by atoms with van der Waals surface area (Å²) in [7, 11) is 0. The Morgan fingerprint density at radius 3 is 2.40 bits per heavy atom. The first-order valence-corrected chi connectivity index (χ1v) is 9.12. The average molecular weight is 347 g/mol. The van der Waals surface area contributed by atoms with Crippen LogP contribution < -0.4 is 15.5 Å². The van der Waals surface area contributed by atoms with E-state index >= 15 is 0 Å². The van der Waals surface area contributed by atoms with Gasteiger partial charge in [-0.25, -0.2) is 0 Å². The number of hydrogen-bond donors (Lipinski definition) is 2. The zero-order chi connectivity index (χ0) is 18.1. The summed E-state index contributed by atoms with van der Waals surface area (Å²) in [6, 6.07) is 7.65. The van der Waals surface area contributed by atoms with Crippen LogP contribution in [0.5, 0.6) is 0 Å². The van der Waals surface area contributed by atoms with Gasteiger partial charge >= 0.3 is 11.8 Å². The second-order valence-electron chi connectivity index (χ2n) is 6.58. The van der Waals surface area contributed by atoms with Crippen molar-refractivity contribution < 1.29 is 14.3 Å². The number of piperidine rings is 1. The van der Waals surface area contributed by atoms with Crippen molar-refractivity contribution in [3.63, 3.8) is 0 Å². The van der Waals surface area contributed by atoms with E-state index in [-0.39, 0.29) is 6.10 Å². The molecule has 6 heteroatoms. The van der Waals surface area contributed by atoms with Crippen molar-refractivity contribution in [2.24, 2.45) is 0 Å². The molecule has 0 radical (unpaired) electrons. The lowest BCUT2D eigenvalue weighted by Gasteiger charge is -2.28. The van der Waals surface area contributed by atoms with Gasteiger partial charge in [0.05, 0.1) is 6.10 Å². The number of amides is 2. The predicted octanol–water partition coefficient (Wildman–Crippen LogP) is 2.55. The van der Waals surface area contributed by atoms with Gasteiger partial charge in [0, 0.05) is 37.6 Å². The quantitative estimate of drug-likeness (QED) is 0.587. The molecule has 0 atom stereocenters. The molecule has 0 aromatic heterocycles. The molecule has 1 fully saturated rings. The number of benzene rings is 1. The van der Waals surface area contributed by atoms with E-state index in [1.807, 2.05) is 38.1 Å². The van der Waals surface area contributed by atoms with Crippen LogP contribution in [0.25, 0.3) is 0 Å². The molecule has 2 N–H and O–H groups in total. The van der Waals surface area contributed by atoms with Crippen LogP contribution in [0.4, 0.5) is 11.4 Å². The van der Waals surface area contributed by atoms with Crippen LogP contribution in [0.1, 0.15) is 39.5 Å². The highest BCUT2D eigenvalue weighted by atomic mass is 16.5. The fourth-order valence-electron chi connectivity index (χ4n) is 2.77. The van der Waals surface area contributed by atoms with E-state index in [1.54, 1.807) is 0 Å². The zero-order valence-corrected chi connectivity index (χ0v) is 15.2. The summed E-state index contributed by atoms with van der Waals surface area (Å²) in [4.78, 5) is 26.0. The third-order valence-corrected chi connectivity index (χ3v) is 4.11. The summed E-state index contributed by atoms with van der Waals surface area (Å²) in [5, 5.41) is 5.23. The highest BCUT2D eigenvalue weighted by Crippen LogP contribution is 2.21. The lowest BCUT2D eigenvalue weighted by Crippen LogP contribution is -2.36. The fraction of sp³-hybridized carbons (Fsp3) is 0.579. The van der Waals surface area contributed by atoms with Gasteiger partial charge in [0.25, 0.3) is 0 Å². The second kappa shape index (κ2) is 10.0. The van der Waals surface area contributed by atoms with Gasteiger partial charge in [0.1, 0.15) is 0 Å². The van der Waals surface area contributed by atoms with E-state index in [0.717, 1.165) is 18.8 Å². The highest BCUT2D eigenvalue weighted by molar-refractivity contribution is 6.39. The van der Waals surface area contributed by atoms with E-state index in [0.29, 0.717) is 25.3 Å². The Morgan fingerprint density at radius 2 is 1.76 bits per heavy atom. The molecule has 1 aliphatic heterocycles. The van der Waals surface area contributed by atoms with Crippen molar-refractivity contribution in [2.75, 3.05) is 36.5 Å². The molecule has 2 amide bonds. The number of rotatable bonds is 7. The van der Waals surface area contributed by atoms with Gasteiger partial charge in [-0.2, -0.15) is 0 Å². The topological polar surface area (TPSA) is 70.7 Å². The Bertz CT molecular complexity index is 552. The number of carbonyl (C=O) groups excluding carboxylic acids is 2. The number of ether oxygens (including phenoxy) is 1. The molecule has 1 aromatic rings. The molecule has 0 unspecified atom stereocenters. The highest BCUT2D eigenvalue weighted by Gasteiger charge is 2.14. The van der Waals surface area contributed by atoms with Gasteiger partial charge in [-0.3, -0.25) is 9.59 Å². The van der Waals surface area contributed by atoms with Crippen molar-refractivity contribution >= 4 is 23.2 Å². The maximum Gasteiger partial charge on any atom is 0.313 e. The molecule has 1 aromatic carbocycles. The monoisotopic (exact) mass is 347 g/mol. The maximum atomic E-state index is 11.9. The molecule has 2 rings (SSSR count). The molecular weight excluding hydrogens is 318 g/mol. The number of anilines is 2. The van der Waals surface area contributed by atoms with Gasteiger partial charge < -0.3 is 20.3 Å². The molecular formula is C19H29N3O3. The summed E-state index contributed by atoms with van der Waals surface area (Å²) >= 11 is 0. The lowest BCUT2D eigenvalue weighted by molar-refractivity contribution is -0.136. The maximum absolute atomic E-state index is 11.9. The second-order valence-corrected chi connectivity index (χ2v) is 6.58. The normalized spacial score (nSPS) is 14.4.